The molecule has 1 aromatic heterocycles. The first-order chi connectivity index (χ1) is 15.4. The molecule has 0 aliphatic heterocycles. The number of aromatic nitrogens is 3. The van der Waals surface area contributed by atoms with Gasteiger partial charge in [0.1, 0.15) is 11.4 Å². The summed E-state index contributed by atoms with van der Waals surface area (Å²) in [5, 5.41) is 20.3. The number of aliphatic hydroxyl groups is 1. The van der Waals surface area contributed by atoms with Crippen molar-refractivity contribution in [1.29, 1.82) is 0 Å². The highest BCUT2D eigenvalue weighted by Gasteiger charge is 2.64. The first-order valence-electron chi connectivity index (χ1n) is 11.5. The van der Waals surface area contributed by atoms with Crippen molar-refractivity contribution in [1.82, 2.24) is 15.0 Å². The average molecular weight is 428 g/mol. The van der Waals surface area contributed by atoms with E-state index in [1.807, 2.05) is 35.1 Å². The number of ether oxygens (including phenoxy) is 1. The van der Waals surface area contributed by atoms with Gasteiger partial charge in [-0.05, 0) is 90.5 Å². The van der Waals surface area contributed by atoms with Crippen LogP contribution in [0.5, 0.6) is 5.75 Å². The number of fused-ring (bicyclic) bond motifs is 3. The molecule has 5 nitrogen and oxygen atoms in total. The first-order valence-corrected chi connectivity index (χ1v) is 11.5. The maximum absolute atomic E-state index is 11.3. The molecule has 32 heavy (non-hydrogen) atoms. The van der Waals surface area contributed by atoms with Crippen molar-refractivity contribution in [2.75, 3.05) is 7.11 Å². The number of nitrogens with zero attached hydrogens (tertiary/aromatic N) is 3. The molecule has 1 heterocycles. The lowest BCUT2D eigenvalue weighted by molar-refractivity contribution is 0.00371. The van der Waals surface area contributed by atoms with Crippen LogP contribution >= 0.6 is 0 Å². The topological polar surface area (TPSA) is 60.2 Å². The number of hydrogen-bond donors (Lipinski definition) is 1. The Morgan fingerprint density at radius 3 is 2.81 bits per heavy atom. The van der Waals surface area contributed by atoms with Crippen LogP contribution in [0.4, 0.5) is 0 Å². The molecular weight excluding hydrogens is 398 g/mol. The Hall–Kier alpha value is -2.92. The Bertz CT molecular complexity index is 1210. The molecule has 1 N–H and O–H groups in total. The summed E-state index contributed by atoms with van der Waals surface area (Å²) in [6, 6.07) is 14.6. The van der Waals surface area contributed by atoms with Gasteiger partial charge in [-0.15, -0.1) is 5.10 Å². The molecule has 4 atom stereocenters. The second-order valence-electron chi connectivity index (χ2n) is 10.00. The smallest absolute Gasteiger partial charge is 0.118 e. The molecule has 3 aliphatic rings. The van der Waals surface area contributed by atoms with Crippen LogP contribution in [-0.2, 0) is 6.54 Å². The van der Waals surface area contributed by atoms with Crippen LogP contribution in [-0.4, -0.2) is 32.8 Å². The zero-order valence-corrected chi connectivity index (χ0v) is 18.7. The van der Waals surface area contributed by atoms with E-state index in [2.05, 4.69) is 42.0 Å². The van der Waals surface area contributed by atoms with E-state index >= 15 is 0 Å². The Labute approximate surface area is 188 Å². The van der Waals surface area contributed by atoms with Crippen LogP contribution in [0.3, 0.4) is 0 Å². The number of rotatable bonds is 4. The molecule has 0 amide bonds. The molecule has 1 spiro atoms. The predicted molar refractivity (Wildman–Crippen MR) is 124 cm³/mol. The van der Waals surface area contributed by atoms with E-state index in [1.54, 1.807) is 7.11 Å². The summed E-state index contributed by atoms with van der Waals surface area (Å²) in [6.45, 7) is 7.30. The second-order valence-corrected chi connectivity index (χ2v) is 10.00. The highest BCUT2D eigenvalue weighted by Crippen LogP contribution is 2.71. The van der Waals surface area contributed by atoms with Crippen molar-refractivity contribution in [3.05, 3.63) is 77.5 Å². The highest BCUT2D eigenvalue weighted by atomic mass is 16.5. The second kappa shape index (κ2) is 6.79. The minimum absolute atomic E-state index is 0.0186. The molecule has 2 fully saturated rings. The summed E-state index contributed by atoms with van der Waals surface area (Å²) in [5.41, 5.74) is 6.49. The number of aryl methyl sites for hydroxylation is 1. The van der Waals surface area contributed by atoms with E-state index in [1.165, 1.54) is 16.7 Å². The van der Waals surface area contributed by atoms with Crippen LogP contribution in [0.15, 0.2) is 60.8 Å². The zero-order chi connectivity index (χ0) is 22.1. The summed E-state index contributed by atoms with van der Waals surface area (Å²) >= 11 is 0. The summed E-state index contributed by atoms with van der Waals surface area (Å²) in [6.07, 6.45) is 5.60. The Morgan fingerprint density at radius 1 is 1.22 bits per heavy atom. The van der Waals surface area contributed by atoms with Crippen molar-refractivity contribution >= 4 is 0 Å². The van der Waals surface area contributed by atoms with E-state index in [-0.39, 0.29) is 5.41 Å². The molecule has 0 saturated heterocycles. The fourth-order valence-corrected chi connectivity index (χ4v) is 6.94. The predicted octanol–water partition coefficient (Wildman–Crippen LogP) is 5.00. The Morgan fingerprint density at radius 2 is 2.03 bits per heavy atom. The van der Waals surface area contributed by atoms with Gasteiger partial charge in [0, 0.05) is 11.5 Å². The fraction of sp³-hybridized carbons (Fsp3) is 0.407. The lowest BCUT2D eigenvalue weighted by Crippen LogP contribution is -2.39. The lowest BCUT2D eigenvalue weighted by Gasteiger charge is -2.42. The van der Waals surface area contributed by atoms with E-state index in [9.17, 15) is 5.11 Å². The van der Waals surface area contributed by atoms with Crippen molar-refractivity contribution in [3.8, 4) is 17.0 Å². The normalized spacial score (nSPS) is 30.3. The largest absolute Gasteiger partial charge is 0.497 e. The van der Waals surface area contributed by atoms with Crippen molar-refractivity contribution in [2.45, 2.75) is 56.6 Å². The van der Waals surface area contributed by atoms with Crippen LogP contribution in [0, 0.1) is 12.3 Å². The Kier molecular flexibility index (Phi) is 4.19. The molecule has 0 unspecified atom stereocenters. The average Bonchev–Trinajstić information content (AvgIpc) is 3.41. The standard InChI is InChI=1S/C27H29N3O2/c1-17-5-4-6-21-22-11-12-27(31)16-26(22,13-18(27)2)23(25(17)21)14-30-15-24(28-29-30)19-7-9-20(32-3)10-8-19/h4-10,15,22-23,31H,2,11-14,16H2,1,3H3/t22-,23-,26-,27-/m0/s1. The molecule has 0 radical (unpaired) electrons. The van der Waals surface area contributed by atoms with E-state index in [0.717, 1.165) is 54.8 Å². The molecule has 3 aromatic rings. The van der Waals surface area contributed by atoms with Gasteiger partial charge < -0.3 is 9.84 Å². The van der Waals surface area contributed by atoms with Gasteiger partial charge in [-0.25, -0.2) is 0 Å². The molecule has 2 bridgehead atoms. The molecule has 3 aliphatic carbocycles. The van der Waals surface area contributed by atoms with E-state index in [4.69, 9.17) is 4.74 Å². The lowest BCUT2D eigenvalue weighted by atomic mass is 9.63. The molecule has 6 rings (SSSR count). The summed E-state index contributed by atoms with van der Waals surface area (Å²) in [4.78, 5) is 0. The van der Waals surface area contributed by atoms with Gasteiger partial charge >= 0.3 is 0 Å². The summed E-state index contributed by atoms with van der Waals surface area (Å²) in [7, 11) is 1.67. The third-order valence-corrected chi connectivity index (χ3v) is 8.43. The monoisotopic (exact) mass is 427 g/mol. The first kappa shape index (κ1) is 19.7. The molecule has 2 aromatic carbocycles. The molecule has 2 saturated carbocycles. The SMILES string of the molecule is C=C1C[C@]23C[C@@]1(O)CC[C@H]2c1cccc(C)c1[C@@H]3Cn1cc(-c2ccc(OC)cc2)nn1. The number of methoxy groups -OCH3 is 1. The third-order valence-electron chi connectivity index (χ3n) is 8.43. The quantitative estimate of drug-likeness (QED) is 0.595. The maximum Gasteiger partial charge on any atom is 0.118 e. The zero-order valence-electron chi connectivity index (χ0n) is 18.7. The summed E-state index contributed by atoms with van der Waals surface area (Å²) < 4.78 is 7.26. The number of hydrogen-bond acceptors (Lipinski definition) is 4. The van der Waals surface area contributed by atoms with Crippen molar-refractivity contribution in [2.24, 2.45) is 5.41 Å². The molecule has 164 valence electrons. The van der Waals surface area contributed by atoms with Gasteiger partial charge in [0.25, 0.3) is 0 Å². The van der Waals surface area contributed by atoms with Crippen LogP contribution < -0.4 is 4.74 Å². The number of benzene rings is 2. The van der Waals surface area contributed by atoms with Gasteiger partial charge in [0.15, 0.2) is 0 Å². The van der Waals surface area contributed by atoms with Gasteiger partial charge in [-0.3, -0.25) is 4.68 Å². The van der Waals surface area contributed by atoms with E-state index in [0.29, 0.717) is 11.8 Å². The highest BCUT2D eigenvalue weighted by molar-refractivity contribution is 5.59. The molecule has 5 heteroatoms. The van der Waals surface area contributed by atoms with Crippen LogP contribution in [0.2, 0.25) is 0 Å². The Balaban J connectivity index is 1.39. The third kappa shape index (κ3) is 2.67. The fourth-order valence-electron chi connectivity index (χ4n) is 6.94. The molecular formula is C27H29N3O2. The summed E-state index contributed by atoms with van der Waals surface area (Å²) in [5.74, 6) is 1.60. The van der Waals surface area contributed by atoms with Crippen molar-refractivity contribution < 1.29 is 9.84 Å². The van der Waals surface area contributed by atoms with Gasteiger partial charge in [0.2, 0.25) is 0 Å². The minimum atomic E-state index is -0.707. The van der Waals surface area contributed by atoms with Gasteiger partial charge in [-0.1, -0.05) is 30.0 Å². The van der Waals surface area contributed by atoms with Crippen LogP contribution in [0.1, 0.15) is 54.2 Å². The van der Waals surface area contributed by atoms with Crippen LogP contribution in [0.25, 0.3) is 11.3 Å². The maximum atomic E-state index is 11.3. The van der Waals surface area contributed by atoms with Gasteiger partial charge in [-0.2, -0.15) is 0 Å². The minimum Gasteiger partial charge on any atom is -0.497 e. The van der Waals surface area contributed by atoms with Gasteiger partial charge in [0.05, 0.1) is 25.5 Å². The van der Waals surface area contributed by atoms with Crippen molar-refractivity contribution in [3.63, 3.8) is 0 Å². The van der Waals surface area contributed by atoms with E-state index < -0.39 is 5.60 Å².